The fraction of sp³-hybridized carbons (Fsp3) is 0.450. The summed E-state index contributed by atoms with van der Waals surface area (Å²) in [5, 5.41) is 19.8. The van der Waals surface area contributed by atoms with Crippen LogP contribution in [0.15, 0.2) is 5.16 Å². The summed E-state index contributed by atoms with van der Waals surface area (Å²) in [4.78, 5) is 50.6. The molecule has 4 N–H and O–H groups in total. The molecule has 1 fully saturated rings. The third-order valence-corrected chi connectivity index (χ3v) is 7.18. The molecule has 0 radical (unpaired) electrons. The monoisotopic (exact) mass is 546 g/mol. The molecular weight excluding hydrogens is 523 g/mol. The molecule has 2 aromatic heterocycles. The van der Waals surface area contributed by atoms with E-state index in [9.17, 15) is 19.5 Å². The number of H-pyrrole nitrogens is 1. The van der Waals surface area contributed by atoms with Crippen LogP contribution in [0.1, 0.15) is 42.8 Å². The van der Waals surface area contributed by atoms with Crippen LogP contribution >= 0.6 is 34.5 Å². The maximum Gasteiger partial charge on any atom is 0.348 e. The van der Waals surface area contributed by atoms with E-state index in [1.165, 1.54) is 14.2 Å². The number of carbonyl (C=O) groups is 3. The Bertz CT molecular complexity index is 1150. The molecule has 1 aliphatic heterocycles. The maximum atomic E-state index is 12.8. The van der Waals surface area contributed by atoms with Crippen LogP contribution in [0, 0.1) is 6.92 Å². The number of hydrogen-bond acceptors (Lipinski definition) is 9. The lowest BCUT2D eigenvalue weighted by Gasteiger charge is -2.32. The summed E-state index contributed by atoms with van der Waals surface area (Å²) in [6, 6.07) is -0.479. The first-order valence-corrected chi connectivity index (χ1v) is 12.0. The minimum Gasteiger partial charge on any atom is -0.477 e. The number of aromatic carboxylic acids is 1. The van der Waals surface area contributed by atoms with Crippen LogP contribution in [0.5, 0.6) is 0 Å². The third-order valence-electron chi connectivity index (χ3n) is 5.13. The molecular formula is C20H24Cl2N6O6S. The van der Waals surface area contributed by atoms with E-state index in [0.29, 0.717) is 29.5 Å². The first-order chi connectivity index (χ1) is 16.7. The van der Waals surface area contributed by atoms with Gasteiger partial charge >= 0.3 is 5.97 Å². The number of nitrogens with one attached hydrogen (secondary N) is 3. The quantitative estimate of drug-likeness (QED) is 0.275. The Kier molecular flexibility index (Phi) is 8.94. The molecule has 1 aliphatic rings. The zero-order valence-electron chi connectivity index (χ0n) is 19.1. The molecule has 190 valence electrons. The number of halogens is 2. The second-order valence-corrected chi connectivity index (χ2v) is 9.22. The number of aryl methyl sites for hydroxylation is 1. The zero-order chi connectivity index (χ0) is 25.7. The van der Waals surface area contributed by atoms with Crippen molar-refractivity contribution in [3.05, 3.63) is 32.0 Å². The fourth-order valence-corrected chi connectivity index (χ4v) is 4.76. The average Bonchev–Trinajstić information content (AvgIpc) is 3.38. The van der Waals surface area contributed by atoms with E-state index in [0.717, 1.165) is 11.3 Å². The number of thiazole rings is 1. The lowest BCUT2D eigenvalue weighted by atomic mass is 10.0. The Hall–Kier alpha value is -2.87. The van der Waals surface area contributed by atoms with Crippen LogP contribution in [0.2, 0.25) is 10.0 Å². The maximum absolute atomic E-state index is 12.8. The number of anilines is 1. The number of amides is 2. The summed E-state index contributed by atoms with van der Waals surface area (Å²) in [6.45, 7) is 2.79. The molecule has 0 aromatic carbocycles. The van der Waals surface area contributed by atoms with Gasteiger partial charge in [0.2, 0.25) is 0 Å². The van der Waals surface area contributed by atoms with Gasteiger partial charge in [-0.2, -0.15) is 0 Å². The second kappa shape index (κ2) is 11.7. The van der Waals surface area contributed by atoms with E-state index in [-0.39, 0.29) is 46.0 Å². The van der Waals surface area contributed by atoms with E-state index >= 15 is 0 Å². The van der Waals surface area contributed by atoms with E-state index in [1.807, 2.05) is 0 Å². The van der Waals surface area contributed by atoms with Gasteiger partial charge in [0.15, 0.2) is 10.8 Å². The number of aromatic nitrogens is 2. The van der Waals surface area contributed by atoms with E-state index in [2.05, 4.69) is 25.8 Å². The van der Waals surface area contributed by atoms with Gasteiger partial charge in [-0.3, -0.25) is 9.59 Å². The molecule has 0 bridgehead atoms. The highest BCUT2D eigenvalue weighted by molar-refractivity contribution is 7.17. The van der Waals surface area contributed by atoms with E-state index in [4.69, 9.17) is 32.8 Å². The highest BCUT2D eigenvalue weighted by Crippen LogP contribution is 2.30. The second-order valence-electron chi connectivity index (χ2n) is 7.48. The largest absolute Gasteiger partial charge is 0.477 e. The fourth-order valence-electron chi connectivity index (χ4n) is 3.42. The number of carbonyl (C=O) groups excluding carboxylic acids is 2. The molecule has 0 spiro atoms. The van der Waals surface area contributed by atoms with Gasteiger partial charge in [-0.25, -0.2) is 9.78 Å². The van der Waals surface area contributed by atoms with Gasteiger partial charge in [0.1, 0.15) is 17.7 Å². The van der Waals surface area contributed by atoms with E-state index in [1.54, 1.807) is 11.8 Å². The summed E-state index contributed by atoms with van der Waals surface area (Å²) in [5.41, 5.74) is 1.02. The number of hydrogen-bond donors (Lipinski definition) is 4. The summed E-state index contributed by atoms with van der Waals surface area (Å²) >= 11 is 13.1. The van der Waals surface area contributed by atoms with Gasteiger partial charge in [0.25, 0.3) is 11.8 Å². The molecule has 1 unspecified atom stereocenters. The number of methoxy groups -OCH3 is 1. The summed E-state index contributed by atoms with van der Waals surface area (Å²) < 4.78 is 4.89. The predicted molar refractivity (Wildman–Crippen MR) is 131 cm³/mol. The molecule has 3 rings (SSSR count). The van der Waals surface area contributed by atoms with Gasteiger partial charge in [-0.05, 0) is 13.3 Å². The van der Waals surface area contributed by atoms with Crippen molar-refractivity contribution in [1.29, 1.82) is 0 Å². The number of carboxylic acid groups (broad SMARTS) is 1. The van der Waals surface area contributed by atoms with Crippen molar-refractivity contribution in [1.82, 2.24) is 20.6 Å². The Morgan fingerprint density at radius 2 is 2.03 bits per heavy atom. The SMILES string of the molecule is COCCNC(=O)c1nc(N2CCC(NC(=O)c3[nH]c(C)c(Cl)c3Cl)/C(=N\OC)C2)sc1C(=O)O. The Balaban J connectivity index is 1.77. The Labute approximate surface area is 214 Å². The molecule has 2 amide bonds. The lowest BCUT2D eigenvalue weighted by molar-refractivity contribution is 0.0695. The van der Waals surface area contributed by atoms with Crippen LogP contribution in [0.4, 0.5) is 5.13 Å². The number of nitrogens with zero attached hydrogens (tertiary/aromatic N) is 3. The number of piperidine rings is 1. The van der Waals surface area contributed by atoms with Gasteiger partial charge < -0.3 is 35.2 Å². The number of oxime groups is 1. The highest BCUT2D eigenvalue weighted by Gasteiger charge is 2.32. The molecule has 0 saturated carbocycles. The van der Waals surface area contributed by atoms with Gasteiger partial charge in [-0.1, -0.05) is 39.7 Å². The zero-order valence-corrected chi connectivity index (χ0v) is 21.4. The minimum atomic E-state index is -1.25. The lowest BCUT2D eigenvalue weighted by Crippen LogP contribution is -2.52. The van der Waals surface area contributed by atoms with Gasteiger partial charge in [0.05, 0.1) is 35.0 Å². The van der Waals surface area contributed by atoms with Crippen LogP contribution in [-0.2, 0) is 9.57 Å². The first kappa shape index (κ1) is 26.7. The van der Waals surface area contributed by atoms with Crippen molar-refractivity contribution in [2.24, 2.45) is 5.16 Å². The van der Waals surface area contributed by atoms with Crippen molar-refractivity contribution in [2.75, 3.05) is 45.4 Å². The third kappa shape index (κ3) is 6.04. The van der Waals surface area contributed by atoms with Crippen molar-refractivity contribution in [2.45, 2.75) is 19.4 Å². The number of rotatable bonds is 9. The van der Waals surface area contributed by atoms with E-state index < -0.39 is 23.8 Å². The molecule has 35 heavy (non-hydrogen) atoms. The van der Waals surface area contributed by atoms with Crippen molar-refractivity contribution >= 4 is 63.2 Å². The Morgan fingerprint density at radius 1 is 1.29 bits per heavy atom. The average molecular weight is 547 g/mol. The van der Waals surface area contributed by atoms with Crippen LogP contribution in [-0.4, -0.2) is 85.1 Å². The molecule has 1 saturated heterocycles. The standard InChI is InChI=1S/C20H24Cl2N6O6S/c1-9-12(21)13(22)14(24-9)18(30)25-10-4-6-28(8-11(10)27-34-3)20-26-15(16(35-20)19(31)32)17(29)23-5-7-33-2/h10,24H,4-8H2,1-3H3,(H,23,29)(H,25,30)(H,31,32)/b27-11-. The normalized spacial score (nSPS) is 16.9. The van der Waals surface area contributed by atoms with Crippen LogP contribution < -0.4 is 15.5 Å². The van der Waals surface area contributed by atoms with Crippen molar-refractivity contribution in [3.8, 4) is 0 Å². The smallest absolute Gasteiger partial charge is 0.348 e. The van der Waals surface area contributed by atoms with Crippen LogP contribution in [0.25, 0.3) is 0 Å². The number of aromatic amines is 1. The number of ether oxygens (including phenoxy) is 1. The molecule has 3 heterocycles. The minimum absolute atomic E-state index is 0.129. The highest BCUT2D eigenvalue weighted by atomic mass is 35.5. The molecule has 2 aromatic rings. The predicted octanol–water partition coefficient (Wildman–Crippen LogP) is 2.17. The van der Waals surface area contributed by atoms with Gasteiger partial charge in [-0.15, -0.1) is 0 Å². The molecule has 0 aliphatic carbocycles. The van der Waals surface area contributed by atoms with Crippen LogP contribution in [0.3, 0.4) is 0 Å². The van der Waals surface area contributed by atoms with Crippen molar-refractivity contribution < 1.29 is 29.1 Å². The molecule has 1 atom stereocenters. The van der Waals surface area contributed by atoms with Crippen molar-refractivity contribution in [3.63, 3.8) is 0 Å². The van der Waals surface area contributed by atoms with Gasteiger partial charge in [0, 0.05) is 25.9 Å². The summed E-state index contributed by atoms with van der Waals surface area (Å²) in [5.74, 6) is -2.31. The first-order valence-electron chi connectivity index (χ1n) is 10.4. The summed E-state index contributed by atoms with van der Waals surface area (Å²) in [7, 11) is 2.87. The summed E-state index contributed by atoms with van der Waals surface area (Å²) in [6.07, 6.45) is 0.413. The molecule has 15 heteroatoms. The number of carboxylic acids is 1. The topological polar surface area (TPSA) is 158 Å². The molecule has 12 nitrogen and oxygen atoms in total. The Morgan fingerprint density at radius 3 is 2.63 bits per heavy atom.